The summed E-state index contributed by atoms with van der Waals surface area (Å²) in [6.45, 7) is 1.53. The predicted octanol–water partition coefficient (Wildman–Crippen LogP) is 2.39. The lowest BCUT2D eigenvalue weighted by atomic mass is 9.90. The molecule has 1 aliphatic carbocycles. The highest BCUT2D eigenvalue weighted by Crippen LogP contribution is 2.49. The third kappa shape index (κ3) is 3.09. The minimum absolute atomic E-state index is 0.0186. The summed E-state index contributed by atoms with van der Waals surface area (Å²) < 4.78 is 4.99. The molecule has 0 aromatic heterocycles. The van der Waals surface area contributed by atoms with Gasteiger partial charge in [-0.3, -0.25) is 14.9 Å². The monoisotopic (exact) mass is 359 g/mol. The van der Waals surface area contributed by atoms with Crippen molar-refractivity contribution in [2.24, 2.45) is 5.92 Å². The number of hydrogen-bond donors (Lipinski definition) is 0. The fourth-order valence-corrected chi connectivity index (χ4v) is 2.87. The summed E-state index contributed by atoms with van der Waals surface area (Å²) in [7, 11) is 0. The van der Waals surface area contributed by atoms with Crippen LogP contribution in [0.5, 0.6) is 0 Å². The molecule has 130 valence electrons. The van der Waals surface area contributed by atoms with Crippen molar-refractivity contribution in [2.45, 2.75) is 6.92 Å². The molecule has 0 saturated heterocycles. The summed E-state index contributed by atoms with van der Waals surface area (Å²) in [5.74, 6) is -2.25. The number of non-ortho nitro benzene ring substituents is 1. The van der Waals surface area contributed by atoms with Gasteiger partial charge in [-0.2, -0.15) is 21.0 Å². The van der Waals surface area contributed by atoms with Gasteiger partial charge in [-0.1, -0.05) is 0 Å². The summed E-state index contributed by atoms with van der Waals surface area (Å²) in [4.78, 5) is 23.0. The molecule has 1 aromatic rings. The van der Waals surface area contributed by atoms with Crippen LogP contribution in [0.25, 0.3) is 11.1 Å². The molecule has 1 aromatic carbocycles. The van der Waals surface area contributed by atoms with Crippen molar-refractivity contribution in [1.29, 1.82) is 21.0 Å². The van der Waals surface area contributed by atoms with Crippen LogP contribution in [0.4, 0.5) is 5.69 Å². The number of allylic oxidation sites excluding steroid dienone is 2. The van der Waals surface area contributed by atoms with E-state index >= 15 is 0 Å². The zero-order valence-corrected chi connectivity index (χ0v) is 13.9. The highest BCUT2D eigenvalue weighted by Gasteiger charge is 2.42. The summed E-state index contributed by atoms with van der Waals surface area (Å²) in [6, 6.07) is 10.2. The van der Waals surface area contributed by atoms with Crippen LogP contribution >= 0.6 is 0 Å². The second-order valence-electron chi connectivity index (χ2n) is 5.20. The van der Waals surface area contributed by atoms with Gasteiger partial charge in [0.15, 0.2) is 0 Å². The number of rotatable bonds is 3. The van der Waals surface area contributed by atoms with Gasteiger partial charge < -0.3 is 4.74 Å². The average molecular weight is 359 g/mol. The molecule has 27 heavy (non-hydrogen) atoms. The molecule has 1 atom stereocenters. The molecule has 1 aliphatic rings. The first-order valence-electron chi connectivity index (χ1n) is 7.49. The number of benzene rings is 1. The highest BCUT2D eigenvalue weighted by molar-refractivity contribution is 6.11. The highest BCUT2D eigenvalue weighted by atomic mass is 16.6. The maximum atomic E-state index is 12.6. The van der Waals surface area contributed by atoms with E-state index in [4.69, 9.17) is 4.74 Å². The zero-order chi connectivity index (χ0) is 20.1. The molecule has 0 heterocycles. The third-order valence-electron chi connectivity index (χ3n) is 3.88. The van der Waals surface area contributed by atoms with Crippen LogP contribution in [0.1, 0.15) is 18.1 Å². The smallest absolute Gasteiger partial charge is 0.318 e. The van der Waals surface area contributed by atoms with Gasteiger partial charge >= 0.3 is 5.97 Å². The Morgan fingerprint density at radius 3 is 2.04 bits per heavy atom. The van der Waals surface area contributed by atoms with Crippen LogP contribution in [0.15, 0.2) is 29.3 Å². The lowest BCUT2D eigenvalue weighted by molar-refractivity contribution is -0.384. The number of esters is 1. The van der Waals surface area contributed by atoms with Crippen LogP contribution in [0.2, 0.25) is 0 Å². The Balaban J connectivity index is 3.02. The van der Waals surface area contributed by atoms with Crippen molar-refractivity contribution >= 4 is 22.8 Å². The van der Waals surface area contributed by atoms with Gasteiger partial charge in [-0.25, -0.2) is 0 Å². The van der Waals surface area contributed by atoms with Crippen molar-refractivity contribution in [2.75, 3.05) is 6.61 Å². The number of nitro benzene ring substituents is 1. The Morgan fingerprint density at radius 1 is 1.07 bits per heavy atom. The molecule has 9 heteroatoms. The van der Waals surface area contributed by atoms with E-state index in [1.54, 1.807) is 31.2 Å². The van der Waals surface area contributed by atoms with Gasteiger partial charge in [-0.05, 0) is 24.1 Å². The Hall–Kier alpha value is -4.47. The molecule has 0 saturated carbocycles. The molecule has 0 fully saturated rings. The fourth-order valence-electron chi connectivity index (χ4n) is 2.87. The maximum absolute atomic E-state index is 12.6. The topological polar surface area (TPSA) is 165 Å². The second kappa shape index (κ2) is 7.61. The number of carbonyl (C=O) groups excluding carboxylic acids is 1. The standard InChI is InChI=1S/C18H9N5O4/c1-2-27-18(24)17-15(10(6-19)7-20)13-4-3-12(23(25)26)5-14(13)16(17)11(8-21)9-22/h3-5,17H,2H2,1H3. The Kier molecular flexibility index (Phi) is 5.32. The van der Waals surface area contributed by atoms with Gasteiger partial charge in [0.25, 0.3) is 5.69 Å². The lowest BCUT2D eigenvalue weighted by Crippen LogP contribution is -2.18. The molecule has 1 unspecified atom stereocenters. The van der Waals surface area contributed by atoms with E-state index < -0.39 is 28.0 Å². The minimum Gasteiger partial charge on any atom is -0.465 e. The Bertz CT molecular complexity index is 1050. The fraction of sp³-hybridized carbons (Fsp3) is 0.167. The van der Waals surface area contributed by atoms with Gasteiger partial charge in [0.1, 0.15) is 41.3 Å². The number of nitrogens with zero attached hydrogens (tertiary/aromatic N) is 5. The SMILES string of the molecule is CCOC(=O)C1C(=C(C#N)C#N)c2ccc([N+](=O)[O-])cc2C1=C(C#N)C#N. The molecule has 0 aliphatic heterocycles. The molecule has 0 bridgehead atoms. The Morgan fingerprint density at radius 2 is 1.59 bits per heavy atom. The van der Waals surface area contributed by atoms with Crippen molar-refractivity contribution < 1.29 is 14.5 Å². The van der Waals surface area contributed by atoms with Gasteiger partial charge in [0, 0.05) is 23.3 Å². The van der Waals surface area contributed by atoms with E-state index in [2.05, 4.69) is 0 Å². The number of nitro groups is 1. The van der Waals surface area contributed by atoms with Gasteiger partial charge in [0.2, 0.25) is 0 Å². The molecular weight excluding hydrogens is 350 g/mol. The van der Waals surface area contributed by atoms with Gasteiger partial charge in [0.05, 0.1) is 11.5 Å². The predicted molar refractivity (Wildman–Crippen MR) is 89.5 cm³/mol. The molecule has 9 nitrogen and oxygen atoms in total. The normalized spacial score (nSPS) is 14.0. The van der Waals surface area contributed by atoms with Crippen LogP contribution in [0.3, 0.4) is 0 Å². The Labute approximate surface area is 153 Å². The van der Waals surface area contributed by atoms with Crippen molar-refractivity contribution in [3.05, 3.63) is 50.6 Å². The molecule has 2 rings (SSSR count). The van der Waals surface area contributed by atoms with Gasteiger partial charge in [-0.15, -0.1) is 0 Å². The summed E-state index contributed by atoms with van der Waals surface area (Å²) >= 11 is 0. The average Bonchev–Trinajstić information content (AvgIpc) is 2.99. The first-order valence-corrected chi connectivity index (χ1v) is 7.49. The van der Waals surface area contributed by atoms with E-state index in [1.165, 1.54) is 6.07 Å². The van der Waals surface area contributed by atoms with Crippen LogP contribution < -0.4 is 0 Å². The molecule has 0 amide bonds. The van der Waals surface area contributed by atoms with E-state index in [-0.39, 0.29) is 34.6 Å². The summed E-state index contributed by atoms with van der Waals surface area (Å²) in [6.07, 6.45) is 0. The second-order valence-corrected chi connectivity index (χ2v) is 5.20. The molecule has 0 spiro atoms. The minimum atomic E-state index is -1.38. The quantitative estimate of drug-likeness (QED) is 0.343. The van der Waals surface area contributed by atoms with E-state index in [0.29, 0.717) is 0 Å². The summed E-state index contributed by atoms with van der Waals surface area (Å²) in [5, 5.41) is 48.3. The van der Waals surface area contributed by atoms with Crippen molar-refractivity contribution in [3.63, 3.8) is 0 Å². The van der Waals surface area contributed by atoms with Crippen molar-refractivity contribution in [3.8, 4) is 24.3 Å². The number of carbonyl (C=O) groups is 1. The number of fused-ring (bicyclic) bond motifs is 1. The van der Waals surface area contributed by atoms with Crippen LogP contribution in [-0.4, -0.2) is 17.5 Å². The van der Waals surface area contributed by atoms with E-state index in [9.17, 15) is 36.0 Å². The van der Waals surface area contributed by atoms with E-state index in [1.807, 2.05) is 0 Å². The van der Waals surface area contributed by atoms with Crippen LogP contribution in [-0.2, 0) is 9.53 Å². The molecule has 0 N–H and O–H groups in total. The zero-order valence-electron chi connectivity index (χ0n) is 13.9. The lowest BCUT2D eigenvalue weighted by Gasteiger charge is -2.13. The van der Waals surface area contributed by atoms with Crippen molar-refractivity contribution in [1.82, 2.24) is 0 Å². The summed E-state index contributed by atoms with van der Waals surface area (Å²) in [5.41, 5.74) is -1.10. The van der Waals surface area contributed by atoms with Crippen LogP contribution in [0, 0.1) is 61.4 Å². The first-order chi connectivity index (χ1) is 12.9. The molecular formula is C18H9N5O4. The number of ether oxygens (including phenoxy) is 1. The first kappa shape index (κ1) is 18.9. The largest absolute Gasteiger partial charge is 0.465 e. The maximum Gasteiger partial charge on any atom is 0.318 e. The third-order valence-corrected chi connectivity index (χ3v) is 3.88. The van der Waals surface area contributed by atoms with E-state index in [0.717, 1.165) is 12.1 Å². The number of hydrogen-bond acceptors (Lipinski definition) is 8. The number of nitriles is 4. The molecule has 0 radical (unpaired) electrons.